The average Bonchev–Trinajstić information content (AvgIpc) is 3.20. The number of amides is 1. The number of thioether (sulfide) groups is 1. The Hall–Kier alpha value is -3.03. The van der Waals surface area contributed by atoms with Crippen LogP contribution in [0.5, 0.6) is 5.75 Å². The number of para-hydroxylation sites is 1. The molecule has 0 aromatic heterocycles. The van der Waals surface area contributed by atoms with Crippen molar-refractivity contribution in [2.24, 2.45) is 4.99 Å². The van der Waals surface area contributed by atoms with Gasteiger partial charge >= 0.3 is 0 Å². The van der Waals surface area contributed by atoms with Crippen molar-refractivity contribution < 1.29 is 9.53 Å². The van der Waals surface area contributed by atoms with Crippen LogP contribution in [0, 0.1) is 0 Å². The summed E-state index contributed by atoms with van der Waals surface area (Å²) in [5.41, 5.74) is 3.22. The van der Waals surface area contributed by atoms with Gasteiger partial charge in [0, 0.05) is 20.1 Å². The standard InChI is InChI=1S/C29H19BrCl2N2O2S/c30-21-7-5-19(6-8-21)18-36-26-4-2-1-3-20(26)17-27-28(35)34(25-15-11-23(32)12-16-25)29(37-27)33-24-13-9-22(31)10-14-24/h1-17H,18H2/b27-17-,33-29?. The minimum absolute atomic E-state index is 0.178. The van der Waals surface area contributed by atoms with Crippen molar-refractivity contribution in [1.82, 2.24) is 0 Å². The molecule has 0 aliphatic carbocycles. The number of nitrogens with zero attached hydrogens (tertiary/aromatic N) is 2. The third kappa shape index (κ3) is 6.28. The average molecular weight is 610 g/mol. The largest absolute Gasteiger partial charge is 0.488 e. The van der Waals surface area contributed by atoms with Gasteiger partial charge < -0.3 is 4.74 Å². The number of aliphatic imine (C=N–C) groups is 1. The van der Waals surface area contributed by atoms with E-state index in [0.29, 0.717) is 43.8 Å². The maximum absolute atomic E-state index is 13.6. The number of hydrogen-bond acceptors (Lipinski definition) is 4. The van der Waals surface area contributed by atoms with Gasteiger partial charge in [0.25, 0.3) is 5.91 Å². The Morgan fingerprint density at radius 1 is 0.865 bits per heavy atom. The molecule has 1 saturated heterocycles. The first-order valence-corrected chi connectivity index (χ1v) is 13.6. The normalized spacial score (nSPS) is 15.5. The SMILES string of the molecule is O=C1/C(=C/c2ccccc2OCc2ccc(Br)cc2)SC(=Nc2ccc(Cl)cc2)N1c1ccc(Cl)cc1. The second-order valence-electron chi connectivity index (χ2n) is 8.05. The summed E-state index contributed by atoms with van der Waals surface area (Å²) in [5.74, 6) is 0.509. The highest BCUT2D eigenvalue weighted by Gasteiger charge is 2.35. The number of ether oxygens (including phenoxy) is 1. The second-order valence-corrected chi connectivity index (χ2v) is 10.8. The number of carbonyl (C=O) groups is 1. The van der Waals surface area contributed by atoms with E-state index >= 15 is 0 Å². The fraction of sp³-hybridized carbons (Fsp3) is 0.0345. The summed E-state index contributed by atoms with van der Waals surface area (Å²) >= 11 is 16.9. The van der Waals surface area contributed by atoms with Gasteiger partial charge in [-0.2, -0.15) is 0 Å². The van der Waals surface area contributed by atoms with E-state index in [2.05, 4.69) is 15.9 Å². The van der Waals surface area contributed by atoms with E-state index in [4.69, 9.17) is 32.9 Å². The molecule has 1 aliphatic heterocycles. The number of amidine groups is 1. The Kier molecular flexibility index (Phi) is 8.01. The first-order chi connectivity index (χ1) is 18.0. The minimum Gasteiger partial charge on any atom is -0.488 e. The molecule has 1 amide bonds. The summed E-state index contributed by atoms with van der Waals surface area (Å²) in [7, 11) is 0. The van der Waals surface area contributed by atoms with E-state index in [9.17, 15) is 4.79 Å². The zero-order chi connectivity index (χ0) is 25.8. The molecule has 4 aromatic rings. The van der Waals surface area contributed by atoms with Crippen molar-refractivity contribution in [3.63, 3.8) is 0 Å². The maximum Gasteiger partial charge on any atom is 0.271 e. The van der Waals surface area contributed by atoms with Gasteiger partial charge in [0.1, 0.15) is 12.4 Å². The molecule has 0 atom stereocenters. The lowest BCUT2D eigenvalue weighted by molar-refractivity contribution is -0.113. The zero-order valence-electron chi connectivity index (χ0n) is 19.3. The van der Waals surface area contributed by atoms with E-state index in [1.807, 2.05) is 66.7 Å². The van der Waals surface area contributed by atoms with Crippen LogP contribution in [0.15, 0.2) is 111 Å². The van der Waals surface area contributed by atoms with Gasteiger partial charge in [0.15, 0.2) is 5.17 Å². The van der Waals surface area contributed by atoms with Crippen LogP contribution in [-0.2, 0) is 11.4 Å². The molecule has 8 heteroatoms. The van der Waals surface area contributed by atoms with Crippen molar-refractivity contribution in [2.75, 3.05) is 4.90 Å². The molecule has 0 N–H and O–H groups in total. The topological polar surface area (TPSA) is 41.9 Å². The molecule has 1 fully saturated rings. The summed E-state index contributed by atoms with van der Waals surface area (Å²) in [6, 6.07) is 29.9. The van der Waals surface area contributed by atoms with E-state index in [1.54, 1.807) is 41.3 Å². The van der Waals surface area contributed by atoms with Gasteiger partial charge in [-0.3, -0.25) is 9.69 Å². The van der Waals surface area contributed by atoms with Crippen LogP contribution in [0.2, 0.25) is 10.0 Å². The fourth-order valence-corrected chi connectivity index (χ4v) is 5.11. The molecule has 0 bridgehead atoms. The molecule has 0 spiro atoms. The van der Waals surface area contributed by atoms with Gasteiger partial charge in [-0.05, 0) is 90.1 Å². The predicted octanol–water partition coefficient (Wildman–Crippen LogP) is 9.14. The zero-order valence-corrected chi connectivity index (χ0v) is 23.2. The van der Waals surface area contributed by atoms with Crippen LogP contribution < -0.4 is 9.64 Å². The lowest BCUT2D eigenvalue weighted by Crippen LogP contribution is -2.28. The van der Waals surface area contributed by atoms with Crippen molar-refractivity contribution in [3.8, 4) is 5.75 Å². The highest BCUT2D eigenvalue weighted by atomic mass is 79.9. The molecule has 0 unspecified atom stereocenters. The fourth-order valence-electron chi connectivity index (χ4n) is 3.61. The molecule has 5 rings (SSSR count). The molecular formula is C29H19BrCl2N2O2S. The molecule has 4 nitrogen and oxygen atoms in total. The lowest BCUT2D eigenvalue weighted by atomic mass is 10.1. The highest BCUT2D eigenvalue weighted by Crippen LogP contribution is 2.38. The van der Waals surface area contributed by atoms with Crippen LogP contribution >= 0.6 is 50.9 Å². The number of carbonyl (C=O) groups excluding carboxylic acids is 1. The molecule has 0 saturated carbocycles. The predicted molar refractivity (Wildman–Crippen MR) is 158 cm³/mol. The number of hydrogen-bond donors (Lipinski definition) is 0. The van der Waals surface area contributed by atoms with E-state index in [1.165, 1.54) is 11.8 Å². The van der Waals surface area contributed by atoms with Crippen LogP contribution in [0.3, 0.4) is 0 Å². The van der Waals surface area contributed by atoms with E-state index in [-0.39, 0.29) is 5.91 Å². The Labute approximate surface area is 237 Å². The smallest absolute Gasteiger partial charge is 0.271 e. The van der Waals surface area contributed by atoms with Crippen LogP contribution in [0.4, 0.5) is 11.4 Å². The third-order valence-electron chi connectivity index (χ3n) is 5.46. The summed E-state index contributed by atoms with van der Waals surface area (Å²) in [6.07, 6.45) is 1.84. The Balaban J connectivity index is 1.47. The van der Waals surface area contributed by atoms with Crippen LogP contribution in [0.1, 0.15) is 11.1 Å². The van der Waals surface area contributed by atoms with E-state index in [0.717, 1.165) is 15.6 Å². The Bertz CT molecular complexity index is 1490. The molecule has 1 heterocycles. The van der Waals surface area contributed by atoms with Gasteiger partial charge in [0.2, 0.25) is 0 Å². The van der Waals surface area contributed by atoms with Gasteiger partial charge in [0.05, 0.1) is 16.3 Å². The summed E-state index contributed by atoms with van der Waals surface area (Å²) in [6.45, 7) is 0.411. The van der Waals surface area contributed by atoms with Crippen molar-refractivity contribution >= 4 is 79.4 Å². The quantitative estimate of drug-likeness (QED) is 0.205. The molecule has 0 radical (unpaired) electrons. The lowest BCUT2D eigenvalue weighted by Gasteiger charge is -2.15. The Morgan fingerprint density at radius 2 is 1.51 bits per heavy atom. The monoisotopic (exact) mass is 608 g/mol. The molecule has 1 aliphatic rings. The van der Waals surface area contributed by atoms with Crippen LogP contribution in [0.25, 0.3) is 6.08 Å². The van der Waals surface area contributed by atoms with Crippen molar-refractivity contribution in [2.45, 2.75) is 6.61 Å². The molecule has 184 valence electrons. The minimum atomic E-state index is -0.178. The summed E-state index contributed by atoms with van der Waals surface area (Å²) < 4.78 is 7.13. The second kappa shape index (κ2) is 11.6. The van der Waals surface area contributed by atoms with Gasteiger partial charge in [-0.15, -0.1) is 0 Å². The van der Waals surface area contributed by atoms with Crippen molar-refractivity contribution in [3.05, 3.63) is 128 Å². The first kappa shape index (κ1) is 25.6. The van der Waals surface area contributed by atoms with E-state index < -0.39 is 0 Å². The van der Waals surface area contributed by atoms with Gasteiger partial charge in [-0.1, -0.05) is 69.5 Å². The highest BCUT2D eigenvalue weighted by molar-refractivity contribution is 9.10. The Morgan fingerprint density at radius 3 is 2.22 bits per heavy atom. The third-order valence-corrected chi connectivity index (χ3v) is 7.46. The number of rotatable bonds is 6. The first-order valence-electron chi connectivity index (χ1n) is 11.3. The van der Waals surface area contributed by atoms with Crippen LogP contribution in [-0.4, -0.2) is 11.1 Å². The number of halogens is 3. The van der Waals surface area contributed by atoms with Crippen molar-refractivity contribution in [1.29, 1.82) is 0 Å². The maximum atomic E-state index is 13.6. The molecule has 37 heavy (non-hydrogen) atoms. The molecular weight excluding hydrogens is 591 g/mol. The molecule has 4 aromatic carbocycles. The number of benzene rings is 4. The summed E-state index contributed by atoms with van der Waals surface area (Å²) in [5, 5.41) is 1.75. The van der Waals surface area contributed by atoms with Gasteiger partial charge in [-0.25, -0.2) is 4.99 Å². The summed E-state index contributed by atoms with van der Waals surface area (Å²) in [4.78, 5) is 20.5. The number of anilines is 1.